The van der Waals surface area contributed by atoms with Crippen molar-refractivity contribution in [3.63, 3.8) is 0 Å². The standard InChI is InChI=1S/C26H18Cl5FN2O2/c1-2-9-34(19-6-3-17(32)4-7-19)25(36)20-13-18(5-8-21(20)29)33-24(35)23-22(26(23,30)31)14-10-15(27)12-16(28)11-14/h2-8,10-13,22-23H,1,9H2,(H,33,35)/t22-,23+/m0/s1. The minimum atomic E-state index is -1.35. The molecule has 0 heterocycles. The maximum Gasteiger partial charge on any atom is 0.260 e. The summed E-state index contributed by atoms with van der Waals surface area (Å²) in [6, 6.07) is 14.9. The fourth-order valence-electron chi connectivity index (χ4n) is 4.01. The van der Waals surface area contributed by atoms with Crippen molar-refractivity contribution in [1.82, 2.24) is 0 Å². The molecule has 4 nitrogen and oxygen atoms in total. The third-order valence-electron chi connectivity index (χ3n) is 5.74. The monoisotopic (exact) mass is 584 g/mol. The van der Waals surface area contributed by atoms with Gasteiger partial charge in [-0.25, -0.2) is 4.39 Å². The Hall–Kier alpha value is -2.28. The number of anilines is 2. The Morgan fingerprint density at radius 2 is 1.64 bits per heavy atom. The van der Waals surface area contributed by atoms with Crippen molar-refractivity contribution >= 4 is 81.2 Å². The van der Waals surface area contributed by atoms with Gasteiger partial charge in [0.25, 0.3) is 5.91 Å². The van der Waals surface area contributed by atoms with Crippen molar-refractivity contribution in [3.8, 4) is 0 Å². The molecule has 186 valence electrons. The molecule has 3 aromatic rings. The fraction of sp³-hybridized carbons (Fsp3) is 0.154. The van der Waals surface area contributed by atoms with Gasteiger partial charge in [0.2, 0.25) is 5.91 Å². The van der Waals surface area contributed by atoms with Crippen LogP contribution in [0, 0.1) is 11.7 Å². The third-order valence-corrected chi connectivity index (χ3v) is 7.45. The maximum atomic E-state index is 13.4. The topological polar surface area (TPSA) is 49.4 Å². The van der Waals surface area contributed by atoms with E-state index in [0.29, 0.717) is 27.0 Å². The number of nitrogens with one attached hydrogen (secondary N) is 1. The number of amides is 2. The van der Waals surface area contributed by atoms with Crippen LogP contribution in [0.3, 0.4) is 0 Å². The van der Waals surface area contributed by atoms with Gasteiger partial charge in [-0.1, -0.05) is 40.9 Å². The summed E-state index contributed by atoms with van der Waals surface area (Å²) in [6.45, 7) is 3.84. The summed E-state index contributed by atoms with van der Waals surface area (Å²) in [6.07, 6.45) is 1.54. The van der Waals surface area contributed by atoms with Crippen LogP contribution in [0.1, 0.15) is 21.8 Å². The Kier molecular flexibility index (Phi) is 7.89. The summed E-state index contributed by atoms with van der Waals surface area (Å²) in [5.74, 6) is -2.62. The van der Waals surface area contributed by atoms with Gasteiger partial charge in [-0.2, -0.15) is 0 Å². The van der Waals surface area contributed by atoms with Gasteiger partial charge in [-0.05, 0) is 66.2 Å². The lowest BCUT2D eigenvalue weighted by Gasteiger charge is -2.22. The highest BCUT2D eigenvalue weighted by Crippen LogP contribution is 2.65. The van der Waals surface area contributed by atoms with Gasteiger partial charge in [0.1, 0.15) is 10.2 Å². The number of halogens is 6. The first kappa shape index (κ1) is 26.8. The first-order valence-corrected chi connectivity index (χ1v) is 12.5. The van der Waals surface area contributed by atoms with Gasteiger partial charge in [-0.3, -0.25) is 9.59 Å². The highest BCUT2D eigenvalue weighted by atomic mass is 35.5. The first-order chi connectivity index (χ1) is 17.0. The Labute approximate surface area is 232 Å². The van der Waals surface area contributed by atoms with Gasteiger partial charge in [0, 0.05) is 33.9 Å². The molecule has 0 saturated heterocycles. The number of carbonyl (C=O) groups is 2. The first-order valence-electron chi connectivity index (χ1n) is 10.7. The van der Waals surface area contributed by atoms with E-state index in [4.69, 9.17) is 58.0 Å². The Morgan fingerprint density at radius 1 is 1.00 bits per heavy atom. The number of hydrogen-bond donors (Lipinski definition) is 1. The average Bonchev–Trinajstić information content (AvgIpc) is 3.40. The van der Waals surface area contributed by atoms with Gasteiger partial charge in [0.05, 0.1) is 16.5 Å². The smallest absolute Gasteiger partial charge is 0.260 e. The molecule has 0 bridgehead atoms. The summed E-state index contributed by atoms with van der Waals surface area (Å²) in [5.41, 5.74) is 1.56. The van der Waals surface area contributed by atoms with Crippen LogP contribution in [0.25, 0.3) is 0 Å². The second-order valence-electron chi connectivity index (χ2n) is 8.20. The molecule has 2 amide bonds. The summed E-state index contributed by atoms with van der Waals surface area (Å²) >= 11 is 31.4. The third kappa shape index (κ3) is 5.51. The highest BCUT2D eigenvalue weighted by Gasteiger charge is 2.67. The number of alkyl halides is 2. The van der Waals surface area contributed by atoms with Gasteiger partial charge in [-0.15, -0.1) is 29.8 Å². The van der Waals surface area contributed by atoms with E-state index in [2.05, 4.69) is 11.9 Å². The number of benzene rings is 3. The van der Waals surface area contributed by atoms with Gasteiger partial charge in [0.15, 0.2) is 0 Å². The largest absolute Gasteiger partial charge is 0.326 e. The molecule has 0 aromatic heterocycles. The van der Waals surface area contributed by atoms with E-state index in [9.17, 15) is 14.0 Å². The second kappa shape index (κ2) is 10.6. The normalized spacial score (nSPS) is 17.8. The molecule has 10 heteroatoms. The fourth-order valence-corrected chi connectivity index (χ4v) is 5.58. The van der Waals surface area contributed by atoms with Crippen LogP contribution in [0.4, 0.5) is 15.8 Å². The molecule has 3 aromatic carbocycles. The molecule has 0 aliphatic heterocycles. The molecule has 4 rings (SSSR count). The second-order valence-corrected chi connectivity index (χ2v) is 10.9. The molecule has 0 unspecified atom stereocenters. The predicted octanol–water partition coefficient (Wildman–Crippen LogP) is 8.14. The highest BCUT2D eigenvalue weighted by molar-refractivity contribution is 6.53. The van der Waals surface area contributed by atoms with Crippen LogP contribution < -0.4 is 10.2 Å². The van der Waals surface area contributed by atoms with E-state index in [1.807, 2.05) is 0 Å². The lowest BCUT2D eigenvalue weighted by Crippen LogP contribution is -2.31. The van der Waals surface area contributed by atoms with Crippen LogP contribution in [0.15, 0.2) is 73.3 Å². The van der Waals surface area contributed by atoms with E-state index >= 15 is 0 Å². The molecule has 1 aliphatic carbocycles. The number of rotatable bonds is 7. The molecular weight excluding hydrogens is 569 g/mol. The van der Waals surface area contributed by atoms with Crippen molar-refractivity contribution in [2.45, 2.75) is 10.3 Å². The van der Waals surface area contributed by atoms with E-state index in [-0.39, 0.29) is 17.1 Å². The zero-order valence-corrected chi connectivity index (χ0v) is 22.2. The van der Waals surface area contributed by atoms with Gasteiger partial charge >= 0.3 is 0 Å². The minimum absolute atomic E-state index is 0.137. The Bertz CT molecular complexity index is 1330. The summed E-state index contributed by atoms with van der Waals surface area (Å²) in [7, 11) is 0. The summed E-state index contributed by atoms with van der Waals surface area (Å²) in [4.78, 5) is 27.8. The van der Waals surface area contributed by atoms with E-state index in [0.717, 1.165) is 0 Å². The summed E-state index contributed by atoms with van der Waals surface area (Å²) < 4.78 is 12.0. The minimum Gasteiger partial charge on any atom is -0.326 e. The van der Waals surface area contributed by atoms with E-state index in [1.54, 1.807) is 24.3 Å². The van der Waals surface area contributed by atoms with Crippen molar-refractivity contribution < 1.29 is 14.0 Å². The number of nitrogens with zero attached hydrogens (tertiary/aromatic N) is 1. The predicted molar refractivity (Wildman–Crippen MR) is 145 cm³/mol. The molecule has 36 heavy (non-hydrogen) atoms. The lowest BCUT2D eigenvalue weighted by molar-refractivity contribution is -0.117. The Morgan fingerprint density at radius 3 is 2.25 bits per heavy atom. The van der Waals surface area contributed by atoms with Crippen molar-refractivity contribution in [2.24, 2.45) is 5.92 Å². The SMILES string of the molecule is C=CCN(C(=O)c1cc(NC(=O)[C@H]2[C@H](c3cc(Cl)cc(Cl)c3)C2(Cl)Cl)ccc1Cl)c1ccc(F)cc1. The molecule has 1 fully saturated rings. The van der Waals surface area contributed by atoms with Crippen molar-refractivity contribution in [1.29, 1.82) is 0 Å². The lowest BCUT2D eigenvalue weighted by atomic mass is 10.1. The number of hydrogen-bond acceptors (Lipinski definition) is 2. The molecule has 2 atom stereocenters. The zero-order chi connectivity index (χ0) is 26.2. The maximum absolute atomic E-state index is 13.4. The zero-order valence-electron chi connectivity index (χ0n) is 18.5. The Balaban J connectivity index is 1.57. The average molecular weight is 587 g/mol. The summed E-state index contributed by atoms with van der Waals surface area (Å²) in [5, 5.41) is 3.74. The van der Waals surface area contributed by atoms with Crippen LogP contribution in [-0.4, -0.2) is 22.7 Å². The molecule has 0 spiro atoms. The van der Waals surface area contributed by atoms with Crippen molar-refractivity contribution in [3.05, 3.63) is 105 Å². The molecular formula is C26H18Cl5FN2O2. The van der Waals surface area contributed by atoms with E-state index < -0.39 is 33.8 Å². The number of carbonyl (C=O) groups excluding carboxylic acids is 2. The van der Waals surface area contributed by atoms with Crippen LogP contribution in [-0.2, 0) is 4.79 Å². The van der Waals surface area contributed by atoms with Crippen LogP contribution in [0.5, 0.6) is 0 Å². The molecule has 1 N–H and O–H groups in total. The quantitative estimate of drug-likeness (QED) is 0.224. The molecule has 1 aliphatic rings. The van der Waals surface area contributed by atoms with Crippen LogP contribution in [0.2, 0.25) is 15.1 Å². The molecule has 1 saturated carbocycles. The van der Waals surface area contributed by atoms with E-state index in [1.165, 1.54) is 47.4 Å². The molecule has 0 radical (unpaired) electrons. The van der Waals surface area contributed by atoms with Crippen LogP contribution >= 0.6 is 58.0 Å². The van der Waals surface area contributed by atoms with Crippen molar-refractivity contribution in [2.75, 3.05) is 16.8 Å². The van der Waals surface area contributed by atoms with Gasteiger partial charge < -0.3 is 10.2 Å².